The van der Waals surface area contributed by atoms with E-state index in [1.54, 1.807) is 25.4 Å². The summed E-state index contributed by atoms with van der Waals surface area (Å²) in [6.45, 7) is 3.36. The highest BCUT2D eigenvalue weighted by Crippen LogP contribution is 2.39. The summed E-state index contributed by atoms with van der Waals surface area (Å²) in [5.41, 5.74) is -0.180. The molecule has 1 aromatic carbocycles. The summed E-state index contributed by atoms with van der Waals surface area (Å²) < 4.78 is 32.0. The van der Waals surface area contributed by atoms with Gasteiger partial charge < -0.3 is 10.1 Å². The average Bonchev–Trinajstić information content (AvgIpc) is 3.11. The van der Waals surface area contributed by atoms with E-state index in [1.165, 1.54) is 24.5 Å². The van der Waals surface area contributed by atoms with Crippen LogP contribution in [0.1, 0.15) is 24.4 Å². The molecule has 0 saturated heterocycles. The van der Waals surface area contributed by atoms with Crippen LogP contribution in [0, 0.1) is 11.6 Å². The van der Waals surface area contributed by atoms with Crippen LogP contribution < -0.4 is 5.32 Å². The van der Waals surface area contributed by atoms with Crippen molar-refractivity contribution in [1.82, 2.24) is 10.3 Å². The number of carbonyl (C=O) groups is 1. The van der Waals surface area contributed by atoms with Gasteiger partial charge in [0, 0.05) is 17.3 Å². The smallest absolute Gasteiger partial charge is 0.338 e. The van der Waals surface area contributed by atoms with E-state index in [4.69, 9.17) is 4.74 Å². The zero-order chi connectivity index (χ0) is 18.2. The van der Waals surface area contributed by atoms with E-state index in [2.05, 4.69) is 15.3 Å². The summed E-state index contributed by atoms with van der Waals surface area (Å²) in [5, 5.41) is 5.46. The second-order valence-electron chi connectivity index (χ2n) is 5.62. The van der Waals surface area contributed by atoms with E-state index in [1.807, 2.05) is 0 Å². The topological polar surface area (TPSA) is 63.6 Å². The average molecular weight is 363 g/mol. The molecule has 0 aliphatic carbocycles. The van der Waals surface area contributed by atoms with E-state index in [9.17, 15) is 13.6 Å². The number of carbonyl (C=O) groups excluding carboxylic acids is 1. The van der Waals surface area contributed by atoms with Gasteiger partial charge in [-0.2, -0.15) is 0 Å². The maximum atomic E-state index is 13.8. The van der Waals surface area contributed by atoms with Gasteiger partial charge in [-0.3, -0.25) is 0 Å². The van der Waals surface area contributed by atoms with Crippen LogP contribution in [0.4, 0.5) is 8.78 Å². The van der Waals surface area contributed by atoms with Gasteiger partial charge in [0.1, 0.15) is 5.54 Å². The molecule has 0 radical (unpaired) electrons. The summed E-state index contributed by atoms with van der Waals surface area (Å²) >= 11 is 1.37. The molecule has 25 heavy (non-hydrogen) atoms. The lowest BCUT2D eigenvalue weighted by Crippen LogP contribution is -2.40. The Bertz CT molecular complexity index is 893. The van der Waals surface area contributed by atoms with E-state index < -0.39 is 23.1 Å². The number of thiazole rings is 1. The quantitative estimate of drug-likeness (QED) is 0.851. The van der Waals surface area contributed by atoms with Gasteiger partial charge in [0.15, 0.2) is 22.5 Å². The summed E-state index contributed by atoms with van der Waals surface area (Å²) in [6, 6.07) is 3.46. The van der Waals surface area contributed by atoms with Crippen LogP contribution in [0.2, 0.25) is 0 Å². The molecule has 2 aromatic rings. The van der Waals surface area contributed by atoms with Crippen molar-refractivity contribution >= 4 is 23.1 Å². The molecule has 2 heterocycles. The molecule has 1 aliphatic heterocycles. The minimum atomic E-state index is -1.25. The molecular weight excluding hydrogens is 348 g/mol. The molecule has 3 rings (SSSR count). The molecule has 1 N–H and O–H groups in total. The molecule has 1 atom stereocenters. The van der Waals surface area contributed by atoms with Crippen LogP contribution in [0.5, 0.6) is 0 Å². The Labute approximate surface area is 147 Å². The largest absolute Gasteiger partial charge is 0.466 e. The molecular formula is C17H15F2N3O2S. The fourth-order valence-corrected chi connectivity index (χ4v) is 3.40. The lowest BCUT2D eigenvalue weighted by Gasteiger charge is -2.34. The third kappa shape index (κ3) is 2.93. The molecule has 0 amide bonds. The Hall–Kier alpha value is -2.61. The van der Waals surface area contributed by atoms with Crippen molar-refractivity contribution in [3.05, 3.63) is 63.3 Å². The van der Waals surface area contributed by atoms with Gasteiger partial charge in [-0.25, -0.2) is 23.6 Å². The van der Waals surface area contributed by atoms with Crippen molar-refractivity contribution in [1.29, 1.82) is 0 Å². The van der Waals surface area contributed by atoms with Gasteiger partial charge in [-0.05, 0) is 31.5 Å². The number of rotatable bonds is 3. The lowest BCUT2D eigenvalue weighted by atomic mass is 9.82. The summed E-state index contributed by atoms with van der Waals surface area (Å²) in [6.07, 6.45) is 1.63. The number of aliphatic imine (C=N–C) groups is 1. The molecule has 0 saturated carbocycles. The minimum absolute atomic E-state index is 0.223. The van der Waals surface area contributed by atoms with Crippen molar-refractivity contribution in [3.63, 3.8) is 0 Å². The number of hydrogen-bond acceptors (Lipinski definition) is 6. The van der Waals surface area contributed by atoms with Gasteiger partial charge in [0.2, 0.25) is 0 Å². The zero-order valence-corrected chi connectivity index (χ0v) is 14.6. The van der Waals surface area contributed by atoms with Crippen molar-refractivity contribution < 1.29 is 18.3 Å². The maximum Gasteiger partial charge on any atom is 0.338 e. The first kappa shape index (κ1) is 17.2. The highest BCUT2D eigenvalue weighted by molar-refractivity contribution is 7.11. The molecule has 1 aromatic heterocycles. The van der Waals surface area contributed by atoms with Gasteiger partial charge in [0.05, 0.1) is 12.7 Å². The second-order valence-corrected chi connectivity index (χ2v) is 6.51. The third-order valence-corrected chi connectivity index (χ3v) is 4.79. The minimum Gasteiger partial charge on any atom is -0.466 e. The SMILES string of the molecule is COC(=O)C1=C(C)NC(c2nccs2)=N[C@@]1(C)c1ccc(F)c(F)c1. The maximum absolute atomic E-state index is 13.8. The van der Waals surface area contributed by atoms with Gasteiger partial charge in [-0.15, -0.1) is 11.3 Å². The molecule has 0 spiro atoms. The number of ether oxygens (including phenoxy) is 1. The molecule has 0 fully saturated rings. The van der Waals surface area contributed by atoms with Crippen LogP contribution in [0.15, 0.2) is 46.0 Å². The van der Waals surface area contributed by atoms with Crippen molar-refractivity contribution in [2.45, 2.75) is 19.4 Å². The Morgan fingerprint density at radius 1 is 1.32 bits per heavy atom. The molecule has 5 nitrogen and oxygen atoms in total. The molecule has 8 heteroatoms. The second kappa shape index (κ2) is 6.36. The van der Waals surface area contributed by atoms with Gasteiger partial charge >= 0.3 is 5.97 Å². The van der Waals surface area contributed by atoms with E-state index >= 15 is 0 Å². The van der Waals surface area contributed by atoms with E-state index in [-0.39, 0.29) is 5.57 Å². The van der Waals surface area contributed by atoms with Gasteiger partial charge in [0.25, 0.3) is 0 Å². The number of amidine groups is 1. The van der Waals surface area contributed by atoms with Crippen LogP contribution >= 0.6 is 11.3 Å². The fraction of sp³-hybridized carbons (Fsp3) is 0.235. The number of aromatic nitrogens is 1. The van der Waals surface area contributed by atoms with E-state index in [0.29, 0.717) is 22.1 Å². The summed E-state index contributed by atoms with van der Waals surface area (Å²) in [4.78, 5) is 21.2. The van der Waals surface area contributed by atoms with E-state index in [0.717, 1.165) is 12.1 Å². The monoisotopic (exact) mass is 363 g/mol. The molecule has 130 valence electrons. The van der Waals surface area contributed by atoms with Crippen molar-refractivity contribution in [3.8, 4) is 0 Å². The number of hydrogen-bond donors (Lipinski definition) is 1. The van der Waals surface area contributed by atoms with Gasteiger partial charge in [-0.1, -0.05) is 6.07 Å². The lowest BCUT2D eigenvalue weighted by molar-refractivity contribution is -0.137. The number of allylic oxidation sites excluding steroid dienone is 1. The predicted octanol–water partition coefficient (Wildman–Crippen LogP) is 3.13. The van der Waals surface area contributed by atoms with Crippen molar-refractivity contribution in [2.24, 2.45) is 4.99 Å². The van der Waals surface area contributed by atoms with Crippen LogP contribution in [0.25, 0.3) is 0 Å². The number of nitrogens with one attached hydrogen (secondary N) is 1. The highest BCUT2D eigenvalue weighted by atomic mass is 32.1. The fourth-order valence-electron chi connectivity index (χ4n) is 2.82. The number of esters is 1. The van der Waals surface area contributed by atoms with Crippen molar-refractivity contribution in [2.75, 3.05) is 7.11 Å². The molecule has 1 aliphatic rings. The highest BCUT2D eigenvalue weighted by Gasteiger charge is 2.41. The molecule has 0 unspecified atom stereocenters. The summed E-state index contributed by atoms with van der Waals surface area (Å²) in [5.74, 6) is -2.12. The number of benzene rings is 1. The Kier molecular flexibility index (Phi) is 4.38. The Morgan fingerprint density at radius 2 is 2.08 bits per heavy atom. The number of halogens is 2. The standard InChI is InChI=1S/C17H15F2N3O2S/c1-9-13(16(23)24-3)17(2,10-4-5-11(18)12(19)8-10)22-14(21-9)15-20-6-7-25-15/h4-8H,1-3H3,(H,21,22)/t17-/m0/s1. The normalized spacial score (nSPS) is 20.1. The Morgan fingerprint density at radius 3 is 2.68 bits per heavy atom. The first-order valence-electron chi connectivity index (χ1n) is 7.38. The number of nitrogens with zero attached hydrogens (tertiary/aromatic N) is 2. The van der Waals surface area contributed by atoms with Crippen LogP contribution in [-0.2, 0) is 15.1 Å². The Balaban J connectivity index is 2.22. The number of methoxy groups -OCH3 is 1. The predicted molar refractivity (Wildman–Crippen MR) is 90.2 cm³/mol. The van der Waals surface area contributed by atoms with Crippen LogP contribution in [0.3, 0.4) is 0 Å². The first-order valence-corrected chi connectivity index (χ1v) is 8.26. The summed E-state index contributed by atoms with van der Waals surface area (Å²) in [7, 11) is 1.26. The zero-order valence-electron chi connectivity index (χ0n) is 13.8. The van der Waals surface area contributed by atoms with Crippen LogP contribution in [-0.4, -0.2) is 23.9 Å². The third-order valence-electron chi connectivity index (χ3n) is 4.01. The molecule has 0 bridgehead atoms. The first-order chi connectivity index (χ1) is 11.9.